The Balaban J connectivity index is 0.00000100. The van der Waals surface area contributed by atoms with Crippen molar-refractivity contribution in [3.63, 3.8) is 0 Å². The Kier molecular flexibility index (Phi) is 5.62. The number of aromatic hydroxyl groups is 1. The van der Waals surface area contributed by atoms with Crippen LogP contribution in [0.5, 0.6) is 5.75 Å². The second-order valence-corrected chi connectivity index (χ2v) is 5.55. The summed E-state index contributed by atoms with van der Waals surface area (Å²) >= 11 is 5.99. The fraction of sp³-hybridized carbons (Fsp3) is 0.263. The molecule has 4 nitrogen and oxygen atoms in total. The van der Waals surface area contributed by atoms with Gasteiger partial charge < -0.3 is 5.11 Å². The summed E-state index contributed by atoms with van der Waals surface area (Å²) in [7, 11) is 0. The van der Waals surface area contributed by atoms with Gasteiger partial charge in [0.2, 0.25) is 5.78 Å². The lowest BCUT2D eigenvalue weighted by Gasteiger charge is -2.07. The highest BCUT2D eigenvalue weighted by atomic mass is 35.5. The summed E-state index contributed by atoms with van der Waals surface area (Å²) in [6, 6.07) is 8.75. The summed E-state index contributed by atoms with van der Waals surface area (Å²) in [5.41, 5.74) is 3.05. The molecule has 0 aliphatic carbocycles. The lowest BCUT2D eigenvalue weighted by molar-refractivity contribution is 0.103. The third-order valence-corrected chi connectivity index (χ3v) is 3.96. The lowest BCUT2D eigenvalue weighted by atomic mass is 10.0. The van der Waals surface area contributed by atoms with Gasteiger partial charge in [0.1, 0.15) is 17.1 Å². The van der Waals surface area contributed by atoms with Crippen molar-refractivity contribution < 1.29 is 9.90 Å². The van der Waals surface area contributed by atoms with E-state index in [1.165, 1.54) is 6.07 Å². The number of carbonyl (C=O) groups excluding carboxylic acids is 1. The highest BCUT2D eigenvalue weighted by Crippen LogP contribution is 2.29. The van der Waals surface area contributed by atoms with Crippen molar-refractivity contribution >= 4 is 23.0 Å². The number of nitrogens with zero attached hydrogens (tertiary/aromatic N) is 2. The number of rotatable bonds is 3. The van der Waals surface area contributed by atoms with Gasteiger partial charge in [-0.2, -0.15) is 0 Å². The van der Waals surface area contributed by atoms with Crippen molar-refractivity contribution in [2.45, 2.75) is 34.1 Å². The lowest BCUT2D eigenvalue weighted by Crippen LogP contribution is -2.08. The first-order valence-electron chi connectivity index (χ1n) is 8.02. The summed E-state index contributed by atoms with van der Waals surface area (Å²) < 4.78 is 1.79. The van der Waals surface area contributed by atoms with Crippen molar-refractivity contribution in [2.75, 3.05) is 0 Å². The predicted octanol–water partition coefficient (Wildman–Crippen LogP) is 4.82. The molecule has 0 saturated carbocycles. The number of imidazole rings is 1. The first-order valence-corrected chi connectivity index (χ1v) is 8.40. The zero-order valence-corrected chi connectivity index (χ0v) is 15.1. The third kappa shape index (κ3) is 3.15. The first-order chi connectivity index (χ1) is 11.5. The molecular formula is C19H21ClN2O2. The van der Waals surface area contributed by atoms with Crippen LogP contribution in [0.2, 0.25) is 5.02 Å². The van der Waals surface area contributed by atoms with Gasteiger partial charge in [-0.1, -0.05) is 38.4 Å². The molecule has 2 heterocycles. The Labute approximate surface area is 146 Å². The van der Waals surface area contributed by atoms with E-state index in [0.717, 1.165) is 11.3 Å². The van der Waals surface area contributed by atoms with Crippen LogP contribution in [0.1, 0.15) is 48.1 Å². The molecule has 126 valence electrons. The van der Waals surface area contributed by atoms with E-state index in [4.69, 9.17) is 11.6 Å². The first kappa shape index (κ1) is 18.0. The van der Waals surface area contributed by atoms with Crippen molar-refractivity contribution in [3.05, 3.63) is 64.1 Å². The van der Waals surface area contributed by atoms with Crippen molar-refractivity contribution in [2.24, 2.45) is 0 Å². The largest absolute Gasteiger partial charge is 0.506 e. The second-order valence-electron chi connectivity index (χ2n) is 5.14. The Morgan fingerprint density at radius 3 is 2.62 bits per heavy atom. The van der Waals surface area contributed by atoms with Gasteiger partial charge in [-0.25, -0.2) is 4.98 Å². The SMILES string of the molecule is CC.CCc1nc2ccccn2c1C(=O)c1cc(C)c(O)c(Cl)c1. The van der Waals surface area contributed by atoms with E-state index in [0.29, 0.717) is 23.2 Å². The molecule has 3 aromatic rings. The molecule has 0 amide bonds. The van der Waals surface area contributed by atoms with E-state index >= 15 is 0 Å². The maximum Gasteiger partial charge on any atom is 0.211 e. The molecule has 24 heavy (non-hydrogen) atoms. The average molecular weight is 345 g/mol. The van der Waals surface area contributed by atoms with Crippen LogP contribution >= 0.6 is 11.6 Å². The zero-order valence-electron chi connectivity index (χ0n) is 14.3. The van der Waals surface area contributed by atoms with Crippen LogP contribution in [0.25, 0.3) is 5.65 Å². The quantitative estimate of drug-likeness (QED) is 0.693. The van der Waals surface area contributed by atoms with Gasteiger partial charge >= 0.3 is 0 Å². The van der Waals surface area contributed by atoms with E-state index < -0.39 is 0 Å². The van der Waals surface area contributed by atoms with Crippen LogP contribution in [-0.2, 0) is 6.42 Å². The van der Waals surface area contributed by atoms with Gasteiger partial charge in [0.15, 0.2) is 0 Å². The van der Waals surface area contributed by atoms with Crippen LogP contribution in [-0.4, -0.2) is 20.3 Å². The van der Waals surface area contributed by atoms with E-state index in [9.17, 15) is 9.90 Å². The normalized spacial score (nSPS) is 10.4. The van der Waals surface area contributed by atoms with Crippen LogP contribution in [0.4, 0.5) is 0 Å². The Morgan fingerprint density at radius 1 is 1.29 bits per heavy atom. The number of ketones is 1. The number of phenols is 1. The van der Waals surface area contributed by atoms with Gasteiger partial charge in [-0.15, -0.1) is 0 Å². The topological polar surface area (TPSA) is 54.6 Å². The fourth-order valence-electron chi connectivity index (χ4n) is 2.54. The van der Waals surface area contributed by atoms with E-state index in [1.54, 1.807) is 17.4 Å². The summed E-state index contributed by atoms with van der Waals surface area (Å²) in [5.74, 6) is -0.146. The molecule has 0 atom stereocenters. The minimum absolute atomic E-state index is 0.00655. The number of hydrogen-bond acceptors (Lipinski definition) is 3. The number of halogens is 1. The number of benzene rings is 1. The van der Waals surface area contributed by atoms with E-state index in [1.807, 2.05) is 45.2 Å². The predicted molar refractivity (Wildman–Crippen MR) is 97.2 cm³/mol. The van der Waals surface area contributed by atoms with Crippen LogP contribution in [0, 0.1) is 6.92 Å². The zero-order chi connectivity index (χ0) is 17.9. The molecule has 1 aromatic carbocycles. The number of pyridine rings is 1. The minimum Gasteiger partial charge on any atom is -0.506 e. The van der Waals surface area contributed by atoms with Crippen LogP contribution in [0.3, 0.4) is 0 Å². The highest BCUT2D eigenvalue weighted by Gasteiger charge is 2.21. The summed E-state index contributed by atoms with van der Waals surface area (Å²) in [6.45, 7) is 7.68. The molecule has 1 N–H and O–H groups in total. The van der Waals surface area contributed by atoms with Gasteiger partial charge in [0.05, 0.1) is 10.7 Å². The van der Waals surface area contributed by atoms with Gasteiger partial charge in [-0.3, -0.25) is 9.20 Å². The number of carbonyl (C=O) groups is 1. The molecule has 5 heteroatoms. The molecule has 0 bridgehead atoms. The van der Waals surface area contributed by atoms with Crippen LogP contribution < -0.4 is 0 Å². The number of aryl methyl sites for hydroxylation is 2. The molecule has 0 unspecified atom stereocenters. The Bertz CT molecular complexity index is 861. The van der Waals surface area contributed by atoms with Gasteiger partial charge in [0.25, 0.3) is 0 Å². The molecule has 2 aromatic heterocycles. The summed E-state index contributed by atoms with van der Waals surface area (Å²) in [4.78, 5) is 17.4. The average Bonchev–Trinajstić information content (AvgIpc) is 2.98. The number of aromatic nitrogens is 2. The molecule has 0 radical (unpaired) electrons. The van der Waals surface area contributed by atoms with Crippen molar-refractivity contribution in [1.29, 1.82) is 0 Å². The maximum absolute atomic E-state index is 12.9. The number of phenolic OH excluding ortho intramolecular Hbond substituents is 1. The number of fused-ring (bicyclic) bond motifs is 1. The van der Waals surface area contributed by atoms with E-state index in [2.05, 4.69) is 4.98 Å². The molecule has 0 saturated heterocycles. The summed E-state index contributed by atoms with van der Waals surface area (Å²) in [6.07, 6.45) is 2.48. The minimum atomic E-state index is -0.152. The molecular weight excluding hydrogens is 324 g/mol. The Morgan fingerprint density at radius 2 is 2.00 bits per heavy atom. The molecule has 3 rings (SSSR count). The Hall–Kier alpha value is -2.33. The maximum atomic E-state index is 12.9. The smallest absolute Gasteiger partial charge is 0.211 e. The third-order valence-electron chi connectivity index (χ3n) is 3.67. The summed E-state index contributed by atoms with van der Waals surface area (Å²) in [5, 5.41) is 9.93. The van der Waals surface area contributed by atoms with Gasteiger partial charge in [-0.05, 0) is 43.2 Å². The number of hydrogen-bond donors (Lipinski definition) is 1. The standard InChI is InChI=1S/C17H15ClN2O2.C2H6/c1-3-13-15(20-7-5-4-6-14(20)19-13)17(22)11-8-10(2)16(21)12(18)9-11;1-2/h4-9,21H,3H2,1-2H3;1-2H3. The molecule has 0 aliphatic heterocycles. The van der Waals surface area contributed by atoms with E-state index in [-0.39, 0.29) is 16.6 Å². The molecule has 0 spiro atoms. The van der Waals surface area contributed by atoms with Crippen LogP contribution in [0.15, 0.2) is 36.5 Å². The second kappa shape index (κ2) is 7.49. The molecule has 0 fully saturated rings. The van der Waals surface area contributed by atoms with Gasteiger partial charge in [0, 0.05) is 11.8 Å². The van der Waals surface area contributed by atoms with Crippen molar-refractivity contribution in [1.82, 2.24) is 9.38 Å². The molecule has 0 aliphatic rings. The highest BCUT2D eigenvalue weighted by molar-refractivity contribution is 6.32. The monoisotopic (exact) mass is 344 g/mol. The van der Waals surface area contributed by atoms with Crippen molar-refractivity contribution in [3.8, 4) is 5.75 Å². The fourth-order valence-corrected chi connectivity index (χ4v) is 2.80.